The van der Waals surface area contributed by atoms with E-state index >= 15 is 0 Å². The number of aryl methyl sites for hydroxylation is 1. The first-order valence-electron chi connectivity index (χ1n) is 7.46. The molecule has 106 valence electrons. The minimum Gasteiger partial charge on any atom is -0.383 e. The summed E-state index contributed by atoms with van der Waals surface area (Å²) < 4.78 is 5.13. The Morgan fingerprint density at radius 3 is 2.63 bits per heavy atom. The number of ether oxygens (including phenoxy) is 1. The van der Waals surface area contributed by atoms with Crippen LogP contribution in [0.3, 0.4) is 0 Å². The second-order valence-corrected chi connectivity index (χ2v) is 5.99. The van der Waals surface area contributed by atoms with Crippen molar-refractivity contribution in [3.8, 4) is 0 Å². The maximum absolute atomic E-state index is 5.13. The number of hydrogen-bond acceptors (Lipinski definition) is 2. The average molecular weight is 261 g/mol. The molecule has 19 heavy (non-hydrogen) atoms. The molecule has 2 nitrogen and oxygen atoms in total. The zero-order valence-electron chi connectivity index (χ0n) is 12.5. The molecular weight excluding hydrogens is 234 g/mol. The summed E-state index contributed by atoms with van der Waals surface area (Å²) in [5, 5.41) is 3.59. The number of rotatable bonds is 6. The molecular formula is C17H27NO. The minimum atomic E-state index is 0.321. The third kappa shape index (κ3) is 3.18. The lowest BCUT2D eigenvalue weighted by atomic mass is 9.72. The van der Waals surface area contributed by atoms with E-state index < -0.39 is 0 Å². The molecule has 1 aliphatic carbocycles. The molecule has 0 saturated heterocycles. The highest BCUT2D eigenvalue weighted by Gasteiger charge is 2.41. The maximum Gasteiger partial charge on any atom is 0.0587 e. The Balaban J connectivity index is 2.13. The monoisotopic (exact) mass is 261 g/mol. The van der Waals surface area contributed by atoms with Gasteiger partial charge in [-0.05, 0) is 31.2 Å². The lowest BCUT2D eigenvalue weighted by Crippen LogP contribution is -2.41. The SMILES string of the molecule is COCCNCC1(c2ccc(C)cc2)CCCC1C. The Labute approximate surface area is 117 Å². The van der Waals surface area contributed by atoms with Crippen molar-refractivity contribution < 1.29 is 4.74 Å². The maximum atomic E-state index is 5.13. The van der Waals surface area contributed by atoms with Gasteiger partial charge in [-0.3, -0.25) is 0 Å². The number of methoxy groups -OCH3 is 1. The molecule has 0 amide bonds. The smallest absolute Gasteiger partial charge is 0.0587 e. The van der Waals surface area contributed by atoms with Crippen LogP contribution in [0.1, 0.15) is 37.3 Å². The van der Waals surface area contributed by atoms with Gasteiger partial charge in [-0.2, -0.15) is 0 Å². The van der Waals surface area contributed by atoms with Crippen LogP contribution < -0.4 is 5.32 Å². The van der Waals surface area contributed by atoms with E-state index in [1.54, 1.807) is 7.11 Å². The highest BCUT2D eigenvalue weighted by molar-refractivity contribution is 5.31. The van der Waals surface area contributed by atoms with Crippen molar-refractivity contribution in [2.24, 2.45) is 5.92 Å². The molecule has 0 aliphatic heterocycles. The molecule has 0 spiro atoms. The van der Waals surface area contributed by atoms with E-state index in [4.69, 9.17) is 4.74 Å². The summed E-state index contributed by atoms with van der Waals surface area (Å²) in [7, 11) is 1.76. The van der Waals surface area contributed by atoms with E-state index in [9.17, 15) is 0 Å². The van der Waals surface area contributed by atoms with Gasteiger partial charge in [0.15, 0.2) is 0 Å². The Kier molecular flexibility index (Phi) is 5.00. The molecule has 2 unspecified atom stereocenters. The third-order valence-corrected chi connectivity index (χ3v) is 4.75. The molecule has 0 heterocycles. The van der Waals surface area contributed by atoms with Crippen LogP contribution in [0.4, 0.5) is 0 Å². The zero-order valence-corrected chi connectivity index (χ0v) is 12.5. The van der Waals surface area contributed by atoms with Crippen LogP contribution >= 0.6 is 0 Å². The normalized spacial score (nSPS) is 26.8. The average Bonchev–Trinajstić information content (AvgIpc) is 2.78. The molecule has 0 aromatic heterocycles. The van der Waals surface area contributed by atoms with Crippen molar-refractivity contribution >= 4 is 0 Å². The van der Waals surface area contributed by atoms with Gasteiger partial charge in [0.2, 0.25) is 0 Å². The summed E-state index contributed by atoms with van der Waals surface area (Å²) in [5.74, 6) is 0.755. The van der Waals surface area contributed by atoms with E-state index in [0.29, 0.717) is 5.41 Å². The molecule has 2 rings (SSSR count). The van der Waals surface area contributed by atoms with Crippen LogP contribution in [0.5, 0.6) is 0 Å². The van der Waals surface area contributed by atoms with Crippen LogP contribution in [0.25, 0.3) is 0 Å². The summed E-state index contributed by atoms with van der Waals surface area (Å²) in [4.78, 5) is 0. The molecule has 2 atom stereocenters. The van der Waals surface area contributed by atoms with Gasteiger partial charge < -0.3 is 10.1 Å². The van der Waals surface area contributed by atoms with Gasteiger partial charge >= 0.3 is 0 Å². The quantitative estimate of drug-likeness (QED) is 0.793. The molecule has 1 fully saturated rings. The van der Waals surface area contributed by atoms with Crippen LogP contribution in [0.15, 0.2) is 24.3 Å². The molecule has 1 aromatic carbocycles. The van der Waals surface area contributed by atoms with E-state index in [2.05, 4.69) is 43.4 Å². The molecule has 1 N–H and O–H groups in total. The predicted octanol–water partition coefficient (Wildman–Crippen LogP) is 3.29. The van der Waals surface area contributed by atoms with Crippen molar-refractivity contribution in [3.63, 3.8) is 0 Å². The summed E-state index contributed by atoms with van der Waals surface area (Å²) in [6, 6.07) is 9.15. The Hall–Kier alpha value is -0.860. The zero-order chi connectivity index (χ0) is 13.7. The molecule has 1 aliphatic rings. The molecule has 1 saturated carbocycles. The van der Waals surface area contributed by atoms with Crippen molar-refractivity contribution in [2.45, 2.75) is 38.5 Å². The van der Waals surface area contributed by atoms with E-state index in [0.717, 1.165) is 25.6 Å². The Bertz CT molecular complexity index is 387. The van der Waals surface area contributed by atoms with E-state index in [1.807, 2.05) is 0 Å². The molecule has 1 aromatic rings. The minimum absolute atomic E-state index is 0.321. The lowest BCUT2D eigenvalue weighted by molar-refractivity contribution is 0.194. The highest BCUT2D eigenvalue weighted by atomic mass is 16.5. The molecule has 0 bridgehead atoms. The van der Waals surface area contributed by atoms with Crippen molar-refractivity contribution in [3.05, 3.63) is 35.4 Å². The first kappa shape index (κ1) is 14.5. The van der Waals surface area contributed by atoms with Crippen molar-refractivity contribution in [1.82, 2.24) is 5.32 Å². The van der Waals surface area contributed by atoms with Crippen LogP contribution in [0.2, 0.25) is 0 Å². The van der Waals surface area contributed by atoms with E-state index in [1.165, 1.54) is 30.4 Å². The van der Waals surface area contributed by atoms with Gasteiger partial charge in [0, 0.05) is 25.6 Å². The molecule has 2 heteroatoms. The summed E-state index contributed by atoms with van der Waals surface area (Å²) in [6.07, 6.45) is 4.00. The standard InChI is InChI=1S/C17H27NO/c1-14-6-8-16(9-7-14)17(10-4-5-15(17)2)13-18-11-12-19-3/h6-9,15,18H,4-5,10-13H2,1-3H3. The Morgan fingerprint density at radius 2 is 2.05 bits per heavy atom. The Morgan fingerprint density at radius 1 is 1.32 bits per heavy atom. The number of benzene rings is 1. The van der Waals surface area contributed by atoms with Crippen molar-refractivity contribution in [2.75, 3.05) is 26.8 Å². The predicted molar refractivity (Wildman–Crippen MR) is 80.6 cm³/mol. The first-order chi connectivity index (χ1) is 9.19. The lowest BCUT2D eigenvalue weighted by Gasteiger charge is -2.35. The van der Waals surface area contributed by atoms with Gasteiger partial charge in [-0.15, -0.1) is 0 Å². The largest absolute Gasteiger partial charge is 0.383 e. The van der Waals surface area contributed by atoms with Gasteiger partial charge in [-0.25, -0.2) is 0 Å². The number of hydrogen-bond donors (Lipinski definition) is 1. The fourth-order valence-electron chi connectivity index (χ4n) is 3.41. The van der Waals surface area contributed by atoms with Gasteiger partial charge in [0.25, 0.3) is 0 Å². The van der Waals surface area contributed by atoms with E-state index in [-0.39, 0.29) is 0 Å². The van der Waals surface area contributed by atoms with Crippen LogP contribution in [-0.4, -0.2) is 26.8 Å². The summed E-state index contributed by atoms with van der Waals surface area (Å²) in [6.45, 7) is 7.37. The molecule has 0 radical (unpaired) electrons. The summed E-state index contributed by atoms with van der Waals surface area (Å²) >= 11 is 0. The van der Waals surface area contributed by atoms with Crippen molar-refractivity contribution in [1.29, 1.82) is 0 Å². The number of nitrogens with one attached hydrogen (secondary N) is 1. The third-order valence-electron chi connectivity index (χ3n) is 4.75. The van der Waals surface area contributed by atoms with Gasteiger partial charge in [0.1, 0.15) is 0 Å². The second kappa shape index (κ2) is 6.53. The van der Waals surface area contributed by atoms with Gasteiger partial charge in [-0.1, -0.05) is 43.2 Å². The second-order valence-electron chi connectivity index (χ2n) is 5.99. The van der Waals surface area contributed by atoms with Crippen LogP contribution in [-0.2, 0) is 10.2 Å². The summed E-state index contributed by atoms with van der Waals surface area (Å²) in [5.41, 5.74) is 3.17. The highest BCUT2D eigenvalue weighted by Crippen LogP contribution is 2.45. The fraction of sp³-hybridized carbons (Fsp3) is 0.647. The topological polar surface area (TPSA) is 21.3 Å². The van der Waals surface area contributed by atoms with Gasteiger partial charge in [0.05, 0.1) is 6.61 Å². The first-order valence-corrected chi connectivity index (χ1v) is 7.46. The fourth-order valence-corrected chi connectivity index (χ4v) is 3.41. The van der Waals surface area contributed by atoms with Crippen LogP contribution in [0, 0.1) is 12.8 Å².